The van der Waals surface area contributed by atoms with Gasteiger partial charge >= 0.3 is 0 Å². The smallest absolute Gasteiger partial charge is 0.239 e. The van der Waals surface area contributed by atoms with Crippen molar-refractivity contribution in [1.82, 2.24) is 19.5 Å². The van der Waals surface area contributed by atoms with Crippen LogP contribution in [0.5, 0.6) is 11.6 Å². The molecule has 2 aliphatic rings. The van der Waals surface area contributed by atoms with Crippen molar-refractivity contribution >= 4 is 28.9 Å². The van der Waals surface area contributed by atoms with Gasteiger partial charge < -0.3 is 15.0 Å². The third-order valence-electron chi connectivity index (χ3n) is 6.80. The number of fused-ring (bicyclic) bond motifs is 1. The monoisotopic (exact) mass is 561 g/mol. The molecule has 41 heavy (non-hydrogen) atoms. The maximum Gasteiger partial charge on any atom is 0.239 e. The molecule has 1 N–H and O–H groups in total. The molecular weight excluding hydrogens is 525 g/mol. The van der Waals surface area contributed by atoms with Crippen LogP contribution < -0.4 is 10.1 Å². The van der Waals surface area contributed by atoms with Gasteiger partial charge in [-0.25, -0.2) is 13.9 Å². The van der Waals surface area contributed by atoms with Gasteiger partial charge in [0.15, 0.2) is 17.2 Å². The number of imidazole rings is 1. The van der Waals surface area contributed by atoms with Crippen molar-refractivity contribution in [3.05, 3.63) is 72.0 Å². The van der Waals surface area contributed by atoms with Gasteiger partial charge in [0.1, 0.15) is 11.7 Å². The summed E-state index contributed by atoms with van der Waals surface area (Å²) in [6.07, 6.45) is 11.7. The van der Waals surface area contributed by atoms with Crippen LogP contribution >= 0.6 is 0 Å². The Morgan fingerprint density at radius 1 is 1.20 bits per heavy atom. The summed E-state index contributed by atoms with van der Waals surface area (Å²) in [4.78, 5) is 42.1. The Bertz CT molecular complexity index is 1490. The first-order chi connectivity index (χ1) is 19.7. The SMILES string of the molecule is C/C=C\C(=C/CC)N1CCCC(C(=O)Nc2ccc(Oc3ccc4nc(C)cn4n3)c(F)c2)C1=O.CC(=O)C1CC1. The van der Waals surface area contributed by atoms with E-state index in [9.17, 15) is 18.8 Å². The van der Waals surface area contributed by atoms with Gasteiger partial charge in [-0.05, 0) is 77.2 Å². The summed E-state index contributed by atoms with van der Waals surface area (Å²) in [6.45, 7) is 7.97. The normalized spacial score (nSPS) is 17.4. The van der Waals surface area contributed by atoms with Crippen LogP contribution in [-0.4, -0.2) is 43.6 Å². The number of carbonyl (C=O) groups is 3. The number of piperidine rings is 1. The van der Waals surface area contributed by atoms with E-state index < -0.39 is 17.6 Å². The molecule has 10 heteroatoms. The lowest BCUT2D eigenvalue weighted by atomic mass is 9.95. The molecule has 1 saturated heterocycles. The topological polar surface area (TPSA) is 106 Å². The number of amides is 2. The molecule has 216 valence electrons. The quantitative estimate of drug-likeness (QED) is 0.267. The molecule has 0 spiro atoms. The third-order valence-corrected chi connectivity index (χ3v) is 6.80. The van der Waals surface area contributed by atoms with E-state index in [0.717, 1.165) is 30.7 Å². The van der Waals surface area contributed by atoms with Crippen LogP contribution in [0.2, 0.25) is 0 Å². The van der Waals surface area contributed by atoms with Crippen molar-refractivity contribution < 1.29 is 23.5 Å². The van der Waals surface area contributed by atoms with Crippen molar-refractivity contribution in [3.8, 4) is 11.6 Å². The Kier molecular flexibility index (Phi) is 9.65. The summed E-state index contributed by atoms with van der Waals surface area (Å²) in [6, 6.07) is 7.44. The molecule has 1 aliphatic heterocycles. The highest BCUT2D eigenvalue weighted by molar-refractivity contribution is 6.07. The van der Waals surface area contributed by atoms with Crippen LogP contribution in [0.15, 0.2) is 60.5 Å². The maximum atomic E-state index is 14.7. The second-order valence-corrected chi connectivity index (χ2v) is 10.2. The standard InChI is InChI=1S/C26H28FN5O3.C5H8O/c1-4-7-19(8-5-2)31-14-6-9-20(26(31)34)25(33)29-18-10-11-22(21(27)15-18)35-24-13-12-23-28-17(3)16-32(23)30-24;1-4(6)5-2-3-5/h4,7-8,10-13,15-16,20H,5-6,9,14H2,1-3H3,(H,29,33);5H,2-3H2,1H3/b7-4-,19-8+;. The minimum atomic E-state index is -0.831. The van der Waals surface area contributed by atoms with E-state index in [1.54, 1.807) is 34.7 Å². The number of nitrogens with zero attached hydrogens (tertiary/aromatic N) is 4. The van der Waals surface area contributed by atoms with Crippen molar-refractivity contribution in [1.29, 1.82) is 0 Å². The zero-order valence-electron chi connectivity index (χ0n) is 23.9. The summed E-state index contributed by atoms with van der Waals surface area (Å²) < 4.78 is 21.9. The Labute approximate surface area is 239 Å². The van der Waals surface area contributed by atoms with Crippen LogP contribution in [0, 0.1) is 24.6 Å². The van der Waals surface area contributed by atoms with E-state index in [2.05, 4.69) is 15.4 Å². The van der Waals surface area contributed by atoms with Gasteiger partial charge in [0, 0.05) is 36.0 Å². The van der Waals surface area contributed by atoms with Gasteiger partial charge in [-0.2, -0.15) is 0 Å². The second-order valence-electron chi connectivity index (χ2n) is 10.2. The first-order valence-electron chi connectivity index (χ1n) is 14.0. The van der Waals surface area contributed by atoms with E-state index in [0.29, 0.717) is 36.7 Å². The van der Waals surface area contributed by atoms with E-state index in [4.69, 9.17) is 4.74 Å². The van der Waals surface area contributed by atoms with Crippen LogP contribution in [-0.2, 0) is 14.4 Å². The number of anilines is 1. The Morgan fingerprint density at radius 2 is 1.98 bits per heavy atom. The van der Waals surface area contributed by atoms with Gasteiger partial charge in [0.05, 0.1) is 11.9 Å². The Balaban J connectivity index is 0.000000572. The molecule has 0 bridgehead atoms. The number of ketones is 1. The van der Waals surface area contributed by atoms with Gasteiger partial charge in [-0.3, -0.25) is 14.4 Å². The molecule has 2 amide bonds. The molecule has 9 nitrogen and oxygen atoms in total. The first-order valence-corrected chi connectivity index (χ1v) is 14.0. The molecule has 3 heterocycles. The minimum Gasteiger partial charge on any atom is -0.434 e. The van der Waals surface area contributed by atoms with Crippen LogP contribution in [0.1, 0.15) is 58.6 Å². The van der Waals surface area contributed by atoms with Crippen molar-refractivity contribution in [2.24, 2.45) is 11.8 Å². The molecule has 2 fully saturated rings. The zero-order chi connectivity index (χ0) is 29.5. The fourth-order valence-electron chi connectivity index (χ4n) is 4.55. The average Bonchev–Trinajstić information content (AvgIpc) is 3.72. The number of carbonyl (C=O) groups excluding carboxylic acids is 3. The number of allylic oxidation sites excluding steroid dienone is 3. The predicted molar refractivity (Wildman–Crippen MR) is 154 cm³/mol. The van der Waals surface area contributed by atoms with Gasteiger partial charge in [0.25, 0.3) is 0 Å². The highest BCUT2D eigenvalue weighted by Crippen LogP contribution is 2.29. The molecule has 2 aromatic heterocycles. The van der Waals surface area contributed by atoms with Gasteiger partial charge in [0.2, 0.25) is 17.7 Å². The summed E-state index contributed by atoms with van der Waals surface area (Å²) in [7, 11) is 0. The molecule has 3 aromatic rings. The van der Waals surface area contributed by atoms with Crippen LogP contribution in [0.4, 0.5) is 10.1 Å². The molecule has 0 radical (unpaired) electrons. The number of aromatic nitrogens is 3. The molecule has 1 atom stereocenters. The summed E-state index contributed by atoms with van der Waals surface area (Å²) in [5, 5.41) is 6.94. The minimum absolute atomic E-state index is 0.0349. The summed E-state index contributed by atoms with van der Waals surface area (Å²) in [5.41, 5.74) is 2.51. The lowest BCUT2D eigenvalue weighted by Crippen LogP contribution is -2.45. The third kappa shape index (κ3) is 7.65. The Hall–Kier alpha value is -4.34. The van der Waals surface area contributed by atoms with E-state index in [1.807, 2.05) is 39.0 Å². The molecular formula is C31H36FN5O4. The number of nitrogens with one attached hydrogen (secondary N) is 1. The number of ether oxygens (including phenoxy) is 1. The summed E-state index contributed by atoms with van der Waals surface area (Å²) >= 11 is 0. The zero-order valence-corrected chi connectivity index (χ0v) is 23.9. The van der Waals surface area contributed by atoms with Gasteiger partial charge in [-0.1, -0.05) is 19.1 Å². The van der Waals surface area contributed by atoms with Crippen LogP contribution in [0.25, 0.3) is 5.65 Å². The lowest BCUT2D eigenvalue weighted by molar-refractivity contribution is -0.141. The molecule has 5 rings (SSSR count). The van der Waals surface area contributed by atoms with E-state index in [1.165, 1.54) is 18.2 Å². The number of benzene rings is 1. The van der Waals surface area contributed by atoms with E-state index in [-0.39, 0.29) is 23.2 Å². The van der Waals surface area contributed by atoms with Crippen molar-refractivity contribution in [2.45, 2.75) is 59.8 Å². The number of halogens is 1. The fourth-order valence-corrected chi connectivity index (χ4v) is 4.55. The van der Waals surface area contributed by atoms with Crippen molar-refractivity contribution in [3.63, 3.8) is 0 Å². The number of hydrogen-bond donors (Lipinski definition) is 1. The van der Waals surface area contributed by atoms with E-state index >= 15 is 0 Å². The lowest BCUT2D eigenvalue weighted by Gasteiger charge is -2.32. The summed E-state index contributed by atoms with van der Waals surface area (Å²) in [5.74, 6) is -1.19. The molecule has 1 aliphatic carbocycles. The highest BCUT2D eigenvalue weighted by Gasteiger charge is 2.35. The largest absolute Gasteiger partial charge is 0.434 e. The molecule has 1 saturated carbocycles. The number of hydrogen-bond acceptors (Lipinski definition) is 6. The molecule has 1 unspecified atom stereocenters. The average molecular weight is 562 g/mol. The van der Waals surface area contributed by atoms with Gasteiger partial charge in [-0.15, -0.1) is 5.10 Å². The fraction of sp³-hybridized carbons (Fsp3) is 0.387. The number of likely N-dealkylation sites (tertiary alicyclic amines) is 1. The maximum absolute atomic E-state index is 14.7. The Morgan fingerprint density at radius 3 is 2.61 bits per heavy atom. The predicted octanol–water partition coefficient (Wildman–Crippen LogP) is 6.00. The number of aryl methyl sites for hydroxylation is 1. The molecule has 1 aromatic carbocycles. The second kappa shape index (κ2) is 13.3. The highest BCUT2D eigenvalue weighted by atomic mass is 19.1. The van der Waals surface area contributed by atoms with Crippen LogP contribution in [0.3, 0.4) is 0 Å². The van der Waals surface area contributed by atoms with Crippen molar-refractivity contribution in [2.75, 3.05) is 11.9 Å². The number of Topliss-reactive ketones (excluding diaryl/α,β-unsaturated/α-hetero) is 1. The number of rotatable bonds is 8. The first kappa shape index (κ1) is 29.6.